The molecule has 0 heterocycles. The van der Waals surface area contributed by atoms with Crippen LogP contribution in [0.4, 0.5) is 0 Å². The van der Waals surface area contributed by atoms with Crippen LogP contribution in [0, 0.1) is 0 Å². The third kappa shape index (κ3) is 4.07. The number of nitrogens with zero attached hydrogens (tertiary/aromatic N) is 1. The molecule has 0 saturated carbocycles. The van der Waals surface area contributed by atoms with E-state index in [9.17, 15) is 0 Å². The van der Waals surface area contributed by atoms with Crippen molar-refractivity contribution in [3.63, 3.8) is 0 Å². The molecule has 0 aliphatic carbocycles. The third-order valence-corrected chi connectivity index (χ3v) is 3.57. The van der Waals surface area contributed by atoms with Crippen molar-refractivity contribution >= 4 is 11.6 Å². The van der Waals surface area contributed by atoms with Crippen LogP contribution in [0.5, 0.6) is 0 Å². The third-order valence-electron chi connectivity index (χ3n) is 3.57. The monoisotopic (exact) mass is 265 g/mol. The van der Waals surface area contributed by atoms with Crippen LogP contribution in [0.25, 0.3) is 11.6 Å². The van der Waals surface area contributed by atoms with Gasteiger partial charge in [-0.3, -0.25) is 4.90 Å². The maximum absolute atomic E-state index is 2.45. The van der Waals surface area contributed by atoms with E-state index in [1.807, 2.05) is 0 Å². The summed E-state index contributed by atoms with van der Waals surface area (Å²) < 4.78 is 0. The molecule has 1 nitrogen and oxygen atoms in total. The Balaban J connectivity index is 2.32. The van der Waals surface area contributed by atoms with E-state index in [-0.39, 0.29) is 0 Å². The summed E-state index contributed by atoms with van der Waals surface area (Å²) in [5, 5.41) is 0. The van der Waals surface area contributed by atoms with Gasteiger partial charge >= 0.3 is 0 Å². The molecule has 0 unspecified atom stereocenters. The SMILES string of the molecule is CCN(CC)C/C(=C/c1ccccc1)c1ccccc1. The van der Waals surface area contributed by atoms with Gasteiger partial charge in [0.2, 0.25) is 0 Å². The van der Waals surface area contributed by atoms with Gasteiger partial charge in [-0.2, -0.15) is 0 Å². The molecule has 20 heavy (non-hydrogen) atoms. The topological polar surface area (TPSA) is 3.24 Å². The molecule has 0 aliphatic heterocycles. The highest BCUT2D eigenvalue weighted by molar-refractivity contribution is 5.82. The number of benzene rings is 2. The Morgan fingerprint density at radius 2 is 1.40 bits per heavy atom. The molecule has 1 heteroatoms. The lowest BCUT2D eigenvalue weighted by Gasteiger charge is -2.20. The number of rotatable bonds is 6. The Kier molecular flexibility index (Phi) is 5.57. The number of likely N-dealkylation sites (N-methyl/N-ethyl adjacent to an activating group) is 1. The van der Waals surface area contributed by atoms with E-state index < -0.39 is 0 Å². The van der Waals surface area contributed by atoms with Gasteiger partial charge in [0.05, 0.1) is 0 Å². The standard InChI is InChI=1S/C19H23N/c1-3-20(4-2)16-19(18-13-9-6-10-14-18)15-17-11-7-5-8-12-17/h5-15H,3-4,16H2,1-2H3/b19-15-. The lowest BCUT2D eigenvalue weighted by atomic mass is 10.0. The van der Waals surface area contributed by atoms with E-state index in [1.165, 1.54) is 16.7 Å². The number of hydrogen-bond donors (Lipinski definition) is 0. The second-order valence-corrected chi connectivity index (χ2v) is 4.91. The van der Waals surface area contributed by atoms with E-state index in [0.29, 0.717) is 0 Å². The molecule has 0 amide bonds. The maximum atomic E-state index is 2.45. The first-order valence-electron chi connectivity index (χ1n) is 7.37. The van der Waals surface area contributed by atoms with Crippen molar-refractivity contribution in [3.8, 4) is 0 Å². The van der Waals surface area contributed by atoms with Crippen molar-refractivity contribution in [1.29, 1.82) is 0 Å². The average molecular weight is 265 g/mol. The van der Waals surface area contributed by atoms with E-state index in [2.05, 4.69) is 85.5 Å². The van der Waals surface area contributed by atoms with Gasteiger partial charge in [0.1, 0.15) is 0 Å². The van der Waals surface area contributed by atoms with Gasteiger partial charge in [0, 0.05) is 6.54 Å². The lowest BCUT2D eigenvalue weighted by Crippen LogP contribution is -2.24. The first-order chi connectivity index (χ1) is 9.83. The molecule has 0 N–H and O–H groups in total. The van der Waals surface area contributed by atoms with Crippen LogP contribution >= 0.6 is 0 Å². The van der Waals surface area contributed by atoms with Crippen LogP contribution in [0.2, 0.25) is 0 Å². The van der Waals surface area contributed by atoms with E-state index in [1.54, 1.807) is 0 Å². The van der Waals surface area contributed by atoms with Crippen LogP contribution in [0.1, 0.15) is 25.0 Å². The zero-order chi connectivity index (χ0) is 14.2. The average Bonchev–Trinajstić information content (AvgIpc) is 2.53. The summed E-state index contributed by atoms with van der Waals surface area (Å²) in [6.07, 6.45) is 2.30. The van der Waals surface area contributed by atoms with Crippen molar-refractivity contribution in [2.75, 3.05) is 19.6 Å². The summed E-state index contributed by atoms with van der Waals surface area (Å²) in [5.74, 6) is 0. The molecule has 0 spiro atoms. The minimum Gasteiger partial charge on any atom is -0.300 e. The predicted molar refractivity (Wildman–Crippen MR) is 88.5 cm³/mol. The minimum absolute atomic E-state index is 0.992. The molecule has 2 aromatic rings. The van der Waals surface area contributed by atoms with Crippen molar-refractivity contribution in [2.45, 2.75) is 13.8 Å². The van der Waals surface area contributed by atoms with Gasteiger partial charge in [-0.1, -0.05) is 74.5 Å². The molecule has 0 fully saturated rings. The second kappa shape index (κ2) is 7.66. The first-order valence-corrected chi connectivity index (χ1v) is 7.37. The van der Waals surface area contributed by atoms with Crippen molar-refractivity contribution in [3.05, 3.63) is 71.8 Å². The summed E-state index contributed by atoms with van der Waals surface area (Å²) >= 11 is 0. The fraction of sp³-hybridized carbons (Fsp3) is 0.263. The van der Waals surface area contributed by atoms with Crippen molar-refractivity contribution in [1.82, 2.24) is 4.90 Å². The summed E-state index contributed by atoms with van der Waals surface area (Å²) in [6, 6.07) is 21.2. The maximum Gasteiger partial charge on any atom is 0.0239 e. The quantitative estimate of drug-likeness (QED) is 0.692. The second-order valence-electron chi connectivity index (χ2n) is 4.91. The molecule has 2 rings (SSSR count). The van der Waals surface area contributed by atoms with Crippen molar-refractivity contribution < 1.29 is 0 Å². The van der Waals surface area contributed by atoms with E-state index >= 15 is 0 Å². The van der Waals surface area contributed by atoms with Crippen LogP contribution in [-0.2, 0) is 0 Å². The highest BCUT2D eigenvalue weighted by atomic mass is 15.1. The molecule has 0 aromatic heterocycles. The van der Waals surface area contributed by atoms with Crippen LogP contribution in [0.3, 0.4) is 0 Å². The molecule has 0 bridgehead atoms. The molecular weight excluding hydrogens is 242 g/mol. The molecule has 0 atom stereocenters. The highest BCUT2D eigenvalue weighted by Crippen LogP contribution is 2.19. The summed E-state index contributed by atoms with van der Waals surface area (Å²) in [6.45, 7) is 7.58. The Bertz CT molecular complexity index is 524. The zero-order valence-corrected chi connectivity index (χ0v) is 12.4. The molecule has 0 saturated heterocycles. The molecule has 0 aliphatic rings. The lowest BCUT2D eigenvalue weighted by molar-refractivity contribution is 0.342. The zero-order valence-electron chi connectivity index (χ0n) is 12.4. The van der Waals surface area contributed by atoms with Gasteiger partial charge in [0.15, 0.2) is 0 Å². The first kappa shape index (κ1) is 14.5. The Morgan fingerprint density at radius 1 is 0.850 bits per heavy atom. The van der Waals surface area contributed by atoms with E-state index in [4.69, 9.17) is 0 Å². The van der Waals surface area contributed by atoms with Crippen LogP contribution in [-0.4, -0.2) is 24.5 Å². The summed E-state index contributed by atoms with van der Waals surface area (Å²) in [4.78, 5) is 2.45. The van der Waals surface area contributed by atoms with Gasteiger partial charge in [0.25, 0.3) is 0 Å². The predicted octanol–water partition coefficient (Wildman–Crippen LogP) is 4.57. The van der Waals surface area contributed by atoms with Gasteiger partial charge < -0.3 is 0 Å². The largest absolute Gasteiger partial charge is 0.300 e. The van der Waals surface area contributed by atoms with Crippen molar-refractivity contribution in [2.24, 2.45) is 0 Å². The molecule has 0 radical (unpaired) electrons. The van der Waals surface area contributed by atoms with Gasteiger partial charge in [-0.15, -0.1) is 0 Å². The smallest absolute Gasteiger partial charge is 0.0239 e. The number of hydrogen-bond acceptors (Lipinski definition) is 1. The van der Waals surface area contributed by atoms with Gasteiger partial charge in [-0.25, -0.2) is 0 Å². The Labute approximate surface area is 122 Å². The molecular formula is C19H23N. The Morgan fingerprint density at radius 3 is 1.95 bits per heavy atom. The highest BCUT2D eigenvalue weighted by Gasteiger charge is 2.06. The normalized spacial score (nSPS) is 11.8. The van der Waals surface area contributed by atoms with Crippen LogP contribution in [0.15, 0.2) is 60.7 Å². The summed E-state index contributed by atoms with van der Waals surface area (Å²) in [7, 11) is 0. The molecule has 104 valence electrons. The fourth-order valence-electron chi connectivity index (χ4n) is 2.31. The Hall–Kier alpha value is -1.86. The molecule has 2 aromatic carbocycles. The minimum atomic E-state index is 0.992. The van der Waals surface area contributed by atoms with E-state index in [0.717, 1.165) is 19.6 Å². The summed E-state index contributed by atoms with van der Waals surface area (Å²) in [5.41, 5.74) is 3.95. The van der Waals surface area contributed by atoms with Gasteiger partial charge in [-0.05, 0) is 35.9 Å². The fourth-order valence-corrected chi connectivity index (χ4v) is 2.31. The van der Waals surface area contributed by atoms with Crippen LogP contribution < -0.4 is 0 Å².